The lowest BCUT2D eigenvalue weighted by molar-refractivity contribution is 0.919. The molecule has 0 radical (unpaired) electrons. The summed E-state index contributed by atoms with van der Waals surface area (Å²) >= 11 is 3.57. The predicted octanol–water partition coefficient (Wildman–Crippen LogP) is 3.86. The van der Waals surface area contributed by atoms with Crippen LogP contribution in [0, 0.1) is 0 Å². The number of hydrogen-bond acceptors (Lipinski definition) is 3. The molecule has 0 spiro atoms. The Hall–Kier alpha value is -2.14. The minimum Gasteiger partial charge on any atom is -0.380 e. The highest BCUT2D eigenvalue weighted by Gasteiger charge is 2.09. The van der Waals surface area contributed by atoms with Crippen LogP contribution in [0.5, 0.6) is 0 Å². The maximum absolute atomic E-state index is 4.18. The lowest BCUT2D eigenvalue weighted by Crippen LogP contribution is -2.03. The number of nitrogens with one attached hydrogen (secondary N) is 1. The number of para-hydroxylation sites is 1. The fourth-order valence-corrected chi connectivity index (χ4v) is 2.62. The van der Waals surface area contributed by atoms with Crippen molar-refractivity contribution >= 4 is 21.6 Å². The van der Waals surface area contributed by atoms with E-state index in [2.05, 4.69) is 43.6 Å². The molecule has 0 fully saturated rings. The van der Waals surface area contributed by atoms with E-state index in [9.17, 15) is 0 Å². The molecule has 3 aromatic rings. The van der Waals surface area contributed by atoms with Crippen LogP contribution in [0.25, 0.3) is 11.4 Å². The number of rotatable bonds is 4. The Morgan fingerprint density at radius 2 is 1.86 bits per heavy atom. The van der Waals surface area contributed by atoms with E-state index in [1.54, 1.807) is 6.33 Å². The normalized spacial score (nSPS) is 10.6. The van der Waals surface area contributed by atoms with E-state index in [0.29, 0.717) is 0 Å². The van der Waals surface area contributed by atoms with E-state index < -0.39 is 0 Å². The van der Waals surface area contributed by atoms with Gasteiger partial charge in [-0.25, -0.2) is 0 Å². The Kier molecular flexibility index (Phi) is 4.01. The van der Waals surface area contributed by atoms with Crippen LogP contribution < -0.4 is 5.32 Å². The van der Waals surface area contributed by atoms with E-state index in [0.717, 1.165) is 28.1 Å². The van der Waals surface area contributed by atoms with Gasteiger partial charge in [0.2, 0.25) is 0 Å². The third-order valence-electron chi connectivity index (χ3n) is 3.31. The Bertz CT molecular complexity index is 751. The first-order chi connectivity index (χ1) is 10.3. The minimum absolute atomic E-state index is 0.746. The van der Waals surface area contributed by atoms with Gasteiger partial charge in [0.1, 0.15) is 6.33 Å². The van der Waals surface area contributed by atoms with Crippen LogP contribution in [0.4, 0.5) is 5.69 Å². The molecule has 1 aromatic heterocycles. The van der Waals surface area contributed by atoms with Gasteiger partial charge >= 0.3 is 0 Å². The maximum Gasteiger partial charge on any atom is 0.165 e. The summed E-state index contributed by atoms with van der Waals surface area (Å²) in [5.41, 5.74) is 3.30. The van der Waals surface area contributed by atoms with Gasteiger partial charge in [-0.3, -0.25) is 0 Å². The van der Waals surface area contributed by atoms with Crippen molar-refractivity contribution in [3.63, 3.8) is 0 Å². The Labute approximate surface area is 132 Å². The molecule has 0 bridgehead atoms. The maximum atomic E-state index is 4.18. The van der Waals surface area contributed by atoms with Crippen molar-refractivity contribution in [2.75, 3.05) is 5.32 Å². The summed E-state index contributed by atoms with van der Waals surface area (Å²) in [6.45, 7) is 0.746. The fraction of sp³-hybridized carbons (Fsp3) is 0.125. The quantitative estimate of drug-likeness (QED) is 0.782. The topological polar surface area (TPSA) is 42.7 Å². The van der Waals surface area contributed by atoms with Crippen molar-refractivity contribution in [2.24, 2.45) is 7.05 Å². The largest absolute Gasteiger partial charge is 0.380 e. The average molecular weight is 343 g/mol. The van der Waals surface area contributed by atoms with Crippen LogP contribution in [0.1, 0.15) is 5.56 Å². The molecule has 4 nitrogen and oxygen atoms in total. The SMILES string of the molecule is Cn1cnnc1-c1ccccc1NCc1ccccc1Br. The van der Waals surface area contributed by atoms with E-state index in [1.807, 2.05) is 48.0 Å². The second-order valence-corrected chi connectivity index (χ2v) is 5.61. The highest BCUT2D eigenvalue weighted by atomic mass is 79.9. The number of aryl methyl sites for hydroxylation is 1. The average Bonchev–Trinajstić information content (AvgIpc) is 2.93. The van der Waals surface area contributed by atoms with Gasteiger partial charge in [-0.05, 0) is 23.8 Å². The highest BCUT2D eigenvalue weighted by molar-refractivity contribution is 9.10. The molecule has 21 heavy (non-hydrogen) atoms. The van der Waals surface area contributed by atoms with Gasteiger partial charge in [0.05, 0.1) is 0 Å². The molecule has 0 unspecified atom stereocenters. The number of aromatic nitrogens is 3. The Morgan fingerprint density at radius 1 is 1.10 bits per heavy atom. The van der Waals surface area contributed by atoms with Crippen LogP contribution in [0.2, 0.25) is 0 Å². The van der Waals surface area contributed by atoms with Gasteiger partial charge in [-0.1, -0.05) is 46.3 Å². The molecule has 2 aromatic carbocycles. The second kappa shape index (κ2) is 6.10. The van der Waals surface area contributed by atoms with Gasteiger partial charge in [-0.15, -0.1) is 10.2 Å². The van der Waals surface area contributed by atoms with Gasteiger partial charge < -0.3 is 9.88 Å². The van der Waals surface area contributed by atoms with Gasteiger partial charge in [0, 0.05) is 29.3 Å². The number of hydrogen-bond donors (Lipinski definition) is 1. The first-order valence-electron chi connectivity index (χ1n) is 6.66. The van der Waals surface area contributed by atoms with Crippen molar-refractivity contribution in [2.45, 2.75) is 6.54 Å². The summed E-state index contributed by atoms with van der Waals surface area (Å²) in [5, 5.41) is 11.6. The molecule has 3 rings (SSSR count). The summed E-state index contributed by atoms with van der Waals surface area (Å²) in [5.74, 6) is 0.852. The third-order valence-corrected chi connectivity index (χ3v) is 4.08. The lowest BCUT2D eigenvalue weighted by Gasteiger charge is -2.12. The van der Waals surface area contributed by atoms with Crippen LogP contribution in [-0.2, 0) is 13.6 Å². The van der Waals surface area contributed by atoms with E-state index in [4.69, 9.17) is 0 Å². The second-order valence-electron chi connectivity index (χ2n) is 4.76. The zero-order chi connectivity index (χ0) is 14.7. The lowest BCUT2D eigenvalue weighted by atomic mass is 10.1. The molecule has 0 aliphatic heterocycles. The zero-order valence-electron chi connectivity index (χ0n) is 11.6. The molecule has 5 heteroatoms. The molecule has 1 N–H and O–H groups in total. The summed E-state index contributed by atoms with van der Waals surface area (Å²) in [6.07, 6.45) is 1.71. The first-order valence-corrected chi connectivity index (χ1v) is 7.45. The summed E-state index contributed by atoms with van der Waals surface area (Å²) in [7, 11) is 1.94. The van der Waals surface area contributed by atoms with Crippen molar-refractivity contribution < 1.29 is 0 Å². The van der Waals surface area contributed by atoms with Crippen molar-refractivity contribution in [3.05, 3.63) is 64.9 Å². The molecular weight excluding hydrogens is 328 g/mol. The molecule has 0 atom stereocenters. The Balaban J connectivity index is 1.87. The number of benzene rings is 2. The van der Waals surface area contributed by atoms with Crippen LogP contribution in [0.15, 0.2) is 59.3 Å². The highest BCUT2D eigenvalue weighted by Crippen LogP contribution is 2.26. The smallest absolute Gasteiger partial charge is 0.165 e. The van der Waals surface area contributed by atoms with Crippen LogP contribution >= 0.6 is 15.9 Å². The molecule has 1 heterocycles. The van der Waals surface area contributed by atoms with Gasteiger partial charge in [0.25, 0.3) is 0 Å². The van der Waals surface area contributed by atoms with Crippen LogP contribution in [-0.4, -0.2) is 14.8 Å². The molecule has 0 saturated heterocycles. The van der Waals surface area contributed by atoms with E-state index in [-0.39, 0.29) is 0 Å². The first kappa shape index (κ1) is 13.8. The molecule has 0 saturated carbocycles. The molecule has 0 aliphatic rings. The summed E-state index contributed by atoms with van der Waals surface area (Å²) in [4.78, 5) is 0. The minimum atomic E-state index is 0.746. The number of anilines is 1. The number of halogens is 1. The number of nitrogens with zero attached hydrogens (tertiary/aromatic N) is 3. The van der Waals surface area contributed by atoms with Gasteiger partial charge in [0.15, 0.2) is 5.82 Å². The summed E-state index contributed by atoms with van der Waals surface area (Å²) in [6, 6.07) is 16.3. The van der Waals surface area contributed by atoms with E-state index >= 15 is 0 Å². The van der Waals surface area contributed by atoms with Crippen LogP contribution in [0.3, 0.4) is 0 Å². The zero-order valence-corrected chi connectivity index (χ0v) is 13.2. The molecule has 0 aliphatic carbocycles. The van der Waals surface area contributed by atoms with Crippen molar-refractivity contribution in [1.82, 2.24) is 14.8 Å². The van der Waals surface area contributed by atoms with Crippen molar-refractivity contribution in [3.8, 4) is 11.4 Å². The monoisotopic (exact) mass is 342 g/mol. The van der Waals surface area contributed by atoms with E-state index in [1.165, 1.54) is 5.56 Å². The fourth-order valence-electron chi connectivity index (χ4n) is 2.19. The predicted molar refractivity (Wildman–Crippen MR) is 87.9 cm³/mol. The third kappa shape index (κ3) is 2.97. The van der Waals surface area contributed by atoms with Gasteiger partial charge in [-0.2, -0.15) is 0 Å². The Morgan fingerprint density at radius 3 is 2.62 bits per heavy atom. The van der Waals surface area contributed by atoms with Crippen molar-refractivity contribution in [1.29, 1.82) is 0 Å². The molecule has 106 valence electrons. The summed E-state index contributed by atoms with van der Waals surface area (Å²) < 4.78 is 3.02. The molecular formula is C16H15BrN4. The standard InChI is InChI=1S/C16H15BrN4/c1-21-11-19-20-16(21)13-7-3-5-9-15(13)18-10-12-6-2-4-8-14(12)17/h2-9,11,18H,10H2,1H3. The molecule has 0 amide bonds.